The lowest BCUT2D eigenvalue weighted by Crippen LogP contribution is -2.26. The van der Waals surface area contributed by atoms with Gasteiger partial charge in [-0.1, -0.05) is 16.8 Å². The van der Waals surface area contributed by atoms with E-state index in [2.05, 4.69) is 20.6 Å². The summed E-state index contributed by atoms with van der Waals surface area (Å²) in [5.74, 6) is 0.715. The lowest BCUT2D eigenvalue weighted by atomic mass is 10.2. The fraction of sp³-hybridized carbons (Fsp3) is 0.333. The van der Waals surface area contributed by atoms with Crippen LogP contribution in [0, 0.1) is 13.8 Å². The Balaban J connectivity index is 1.55. The van der Waals surface area contributed by atoms with Crippen LogP contribution in [0.5, 0.6) is 0 Å². The van der Waals surface area contributed by atoms with Crippen molar-refractivity contribution in [2.75, 3.05) is 0 Å². The van der Waals surface area contributed by atoms with E-state index >= 15 is 0 Å². The first kappa shape index (κ1) is 18.1. The molecule has 0 bridgehead atoms. The average molecular weight is 374 g/mol. The second kappa shape index (κ2) is 7.70. The van der Waals surface area contributed by atoms with Gasteiger partial charge in [0.2, 0.25) is 5.91 Å². The van der Waals surface area contributed by atoms with Crippen LogP contribution in [0.4, 0.5) is 0 Å². The largest absolute Gasteiger partial charge is 0.349 e. The molecule has 0 aliphatic rings. The summed E-state index contributed by atoms with van der Waals surface area (Å²) in [5.41, 5.74) is 2.75. The minimum Gasteiger partial charge on any atom is -0.349 e. The van der Waals surface area contributed by atoms with Gasteiger partial charge in [-0.25, -0.2) is 0 Å². The SMILES string of the molecule is Cc1cc(C)n(C(C)CC(=O)NCc2noc(-c3ccc(Cl)cc3)n2)n1. The standard InChI is InChI=1S/C18H20ClN5O2/c1-11-8-12(2)24(22-11)13(3)9-17(25)20-10-16-21-18(26-23-16)14-4-6-15(19)7-5-14/h4-8,13H,9-10H2,1-3H3,(H,20,25). The van der Waals surface area contributed by atoms with Gasteiger partial charge >= 0.3 is 0 Å². The van der Waals surface area contributed by atoms with Crippen LogP contribution in [-0.2, 0) is 11.3 Å². The number of carbonyl (C=O) groups excluding carboxylic acids is 1. The molecule has 1 N–H and O–H groups in total. The number of hydrogen-bond donors (Lipinski definition) is 1. The lowest BCUT2D eigenvalue weighted by molar-refractivity contribution is -0.122. The number of hydrogen-bond acceptors (Lipinski definition) is 5. The fourth-order valence-electron chi connectivity index (χ4n) is 2.73. The van der Waals surface area contributed by atoms with E-state index in [1.807, 2.05) is 31.5 Å². The van der Waals surface area contributed by atoms with E-state index in [-0.39, 0.29) is 18.5 Å². The van der Waals surface area contributed by atoms with E-state index in [9.17, 15) is 4.79 Å². The molecule has 1 atom stereocenters. The maximum atomic E-state index is 12.2. The predicted octanol–water partition coefficient (Wildman–Crippen LogP) is 3.47. The molecule has 0 radical (unpaired) electrons. The van der Waals surface area contributed by atoms with Crippen molar-refractivity contribution in [3.8, 4) is 11.5 Å². The van der Waals surface area contributed by atoms with Gasteiger partial charge in [0.25, 0.3) is 5.89 Å². The number of halogens is 1. The van der Waals surface area contributed by atoms with Crippen molar-refractivity contribution in [3.63, 3.8) is 0 Å². The van der Waals surface area contributed by atoms with E-state index in [1.165, 1.54) is 0 Å². The van der Waals surface area contributed by atoms with Gasteiger partial charge in [0.15, 0.2) is 5.82 Å². The van der Waals surface area contributed by atoms with Gasteiger partial charge in [0.05, 0.1) is 18.3 Å². The molecule has 7 nitrogen and oxygen atoms in total. The van der Waals surface area contributed by atoms with Gasteiger partial charge in [0, 0.05) is 22.7 Å². The van der Waals surface area contributed by atoms with Crippen LogP contribution in [0.1, 0.15) is 36.6 Å². The zero-order valence-corrected chi connectivity index (χ0v) is 15.6. The molecule has 26 heavy (non-hydrogen) atoms. The molecule has 0 saturated carbocycles. The molecular formula is C18H20ClN5O2. The average Bonchev–Trinajstić information content (AvgIpc) is 3.20. The third kappa shape index (κ3) is 4.29. The maximum absolute atomic E-state index is 12.2. The molecule has 2 aromatic heterocycles. The van der Waals surface area contributed by atoms with E-state index in [0.717, 1.165) is 17.0 Å². The highest BCUT2D eigenvalue weighted by molar-refractivity contribution is 6.30. The van der Waals surface area contributed by atoms with Crippen molar-refractivity contribution >= 4 is 17.5 Å². The number of carbonyl (C=O) groups is 1. The monoisotopic (exact) mass is 373 g/mol. The summed E-state index contributed by atoms with van der Waals surface area (Å²) in [6.45, 7) is 6.09. The number of rotatable bonds is 6. The summed E-state index contributed by atoms with van der Waals surface area (Å²) in [6.07, 6.45) is 0.323. The number of nitrogens with one attached hydrogen (secondary N) is 1. The zero-order valence-electron chi connectivity index (χ0n) is 14.9. The Morgan fingerprint density at radius 3 is 2.69 bits per heavy atom. The van der Waals surface area contributed by atoms with Crippen LogP contribution in [0.2, 0.25) is 5.02 Å². The molecule has 3 rings (SSSR count). The number of aryl methyl sites for hydroxylation is 2. The normalized spacial score (nSPS) is 12.2. The minimum atomic E-state index is -0.0945. The van der Waals surface area contributed by atoms with Crippen molar-refractivity contribution in [1.29, 1.82) is 0 Å². The van der Waals surface area contributed by atoms with Crippen molar-refractivity contribution in [2.24, 2.45) is 0 Å². The van der Waals surface area contributed by atoms with E-state index < -0.39 is 0 Å². The highest BCUT2D eigenvalue weighted by atomic mass is 35.5. The smallest absolute Gasteiger partial charge is 0.257 e. The van der Waals surface area contributed by atoms with Crippen molar-refractivity contribution in [2.45, 2.75) is 39.8 Å². The first-order chi connectivity index (χ1) is 12.4. The van der Waals surface area contributed by atoms with E-state index in [1.54, 1.807) is 24.3 Å². The first-order valence-corrected chi connectivity index (χ1v) is 8.68. The minimum absolute atomic E-state index is 0.0291. The summed E-state index contributed by atoms with van der Waals surface area (Å²) in [6, 6.07) is 9.07. The highest BCUT2D eigenvalue weighted by Crippen LogP contribution is 2.19. The molecular weight excluding hydrogens is 354 g/mol. The number of nitrogens with zero attached hydrogens (tertiary/aromatic N) is 4. The van der Waals surface area contributed by atoms with Gasteiger partial charge < -0.3 is 9.84 Å². The van der Waals surface area contributed by atoms with Gasteiger partial charge in [-0.05, 0) is 51.1 Å². The molecule has 136 valence electrons. The molecule has 1 unspecified atom stereocenters. The summed E-state index contributed by atoms with van der Waals surface area (Å²) in [4.78, 5) is 16.5. The van der Waals surface area contributed by atoms with Crippen molar-refractivity contribution in [1.82, 2.24) is 25.2 Å². The van der Waals surface area contributed by atoms with Gasteiger partial charge in [0.1, 0.15) is 0 Å². The molecule has 0 spiro atoms. The molecule has 0 aliphatic heterocycles. The van der Waals surface area contributed by atoms with Crippen LogP contribution < -0.4 is 5.32 Å². The first-order valence-electron chi connectivity index (χ1n) is 8.30. The second-order valence-electron chi connectivity index (χ2n) is 6.22. The Labute approximate surface area is 156 Å². The Kier molecular flexibility index (Phi) is 5.37. The summed E-state index contributed by atoms with van der Waals surface area (Å²) < 4.78 is 7.09. The Bertz CT molecular complexity index is 901. The van der Waals surface area contributed by atoms with Crippen LogP contribution in [0.25, 0.3) is 11.5 Å². The fourth-order valence-corrected chi connectivity index (χ4v) is 2.86. The molecule has 8 heteroatoms. The van der Waals surface area contributed by atoms with Gasteiger partial charge in [-0.15, -0.1) is 0 Å². The Morgan fingerprint density at radius 1 is 1.31 bits per heavy atom. The molecule has 1 aromatic carbocycles. The number of amides is 1. The molecule has 1 amide bonds. The number of aromatic nitrogens is 4. The molecule has 0 saturated heterocycles. The summed E-state index contributed by atoms with van der Waals surface area (Å²) in [5, 5.41) is 11.8. The third-order valence-electron chi connectivity index (χ3n) is 3.95. The molecule has 0 fully saturated rings. The van der Waals surface area contributed by atoms with Crippen molar-refractivity contribution < 1.29 is 9.32 Å². The highest BCUT2D eigenvalue weighted by Gasteiger charge is 2.15. The van der Waals surface area contributed by atoms with Crippen LogP contribution in [-0.4, -0.2) is 25.8 Å². The number of benzene rings is 1. The van der Waals surface area contributed by atoms with Crippen LogP contribution in [0.15, 0.2) is 34.9 Å². The molecule has 0 aliphatic carbocycles. The quantitative estimate of drug-likeness (QED) is 0.715. The predicted molar refractivity (Wildman–Crippen MR) is 97.6 cm³/mol. The second-order valence-corrected chi connectivity index (χ2v) is 6.66. The van der Waals surface area contributed by atoms with E-state index in [4.69, 9.17) is 16.1 Å². The van der Waals surface area contributed by atoms with Crippen LogP contribution >= 0.6 is 11.6 Å². The topological polar surface area (TPSA) is 85.8 Å². The van der Waals surface area contributed by atoms with E-state index in [0.29, 0.717) is 23.2 Å². The molecule has 2 heterocycles. The maximum Gasteiger partial charge on any atom is 0.257 e. The van der Waals surface area contributed by atoms with Crippen molar-refractivity contribution in [3.05, 3.63) is 52.6 Å². The Hall–Kier alpha value is -2.67. The third-order valence-corrected chi connectivity index (χ3v) is 4.20. The Morgan fingerprint density at radius 2 is 2.04 bits per heavy atom. The summed E-state index contributed by atoms with van der Waals surface area (Å²) >= 11 is 5.87. The van der Waals surface area contributed by atoms with Gasteiger partial charge in [-0.3, -0.25) is 9.48 Å². The van der Waals surface area contributed by atoms with Gasteiger partial charge in [-0.2, -0.15) is 10.1 Å². The van der Waals surface area contributed by atoms with Crippen LogP contribution in [0.3, 0.4) is 0 Å². The lowest BCUT2D eigenvalue weighted by Gasteiger charge is -2.13. The zero-order chi connectivity index (χ0) is 18.7. The molecule has 3 aromatic rings. The summed E-state index contributed by atoms with van der Waals surface area (Å²) in [7, 11) is 0.